The van der Waals surface area contributed by atoms with Crippen molar-refractivity contribution < 1.29 is 9.15 Å². The van der Waals surface area contributed by atoms with Crippen molar-refractivity contribution in [2.75, 3.05) is 12.9 Å². The molecule has 0 bridgehead atoms. The van der Waals surface area contributed by atoms with Gasteiger partial charge < -0.3 is 9.15 Å². The minimum atomic E-state index is 0.560. The van der Waals surface area contributed by atoms with E-state index in [1.165, 1.54) is 0 Å². The number of benzene rings is 1. The molecule has 0 N–H and O–H groups in total. The largest absolute Gasteiger partial charge is 0.497 e. The van der Waals surface area contributed by atoms with Crippen LogP contribution in [0.4, 0.5) is 0 Å². The first-order chi connectivity index (χ1) is 8.83. The van der Waals surface area contributed by atoms with Crippen LogP contribution in [0.15, 0.2) is 28.7 Å². The number of nitrogens with zero attached hydrogens (tertiary/aromatic N) is 2. The topological polar surface area (TPSA) is 48.2 Å². The van der Waals surface area contributed by atoms with Crippen LogP contribution in [0.1, 0.15) is 19.2 Å². The van der Waals surface area contributed by atoms with E-state index in [1.807, 2.05) is 24.3 Å². The molecule has 5 heteroatoms. The zero-order valence-corrected chi connectivity index (χ0v) is 11.4. The first kappa shape index (κ1) is 13.0. The van der Waals surface area contributed by atoms with Crippen LogP contribution in [0.2, 0.25) is 0 Å². The molecule has 0 aliphatic rings. The van der Waals surface area contributed by atoms with E-state index in [4.69, 9.17) is 9.15 Å². The van der Waals surface area contributed by atoms with E-state index in [2.05, 4.69) is 17.1 Å². The summed E-state index contributed by atoms with van der Waals surface area (Å²) in [5.74, 6) is 3.94. The van der Waals surface area contributed by atoms with Gasteiger partial charge in [0.15, 0.2) is 0 Å². The maximum atomic E-state index is 5.61. The van der Waals surface area contributed by atoms with Gasteiger partial charge in [0.2, 0.25) is 11.8 Å². The summed E-state index contributed by atoms with van der Waals surface area (Å²) >= 11 is 1.80. The lowest BCUT2D eigenvalue weighted by Crippen LogP contribution is -1.82. The highest BCUT2D eigenvalue weighted by molar-refractivity contribution is 7.98. The second kappa shape index (κ2) is 6.44. The first-order valence-corrected chi connectivity index (χ1v) is 7.03. The van der Waals surface area contributed by atoms with Gasteiger partial charge in [0, 0.05) is 5.56 Å². The fourth-order valence-electron chi connectivity index (χ4n) is 1.47. The van der Waals surface area contributed by atoms with Crippen molar-refractivity contribution in [1.82, 2.24) is 10.2 Å². The zero-order valence-electron chi connectivity index (χ0n) is 10.5. The van der Waals surface area contributed by atoms with Crippen LogP contribution in [0.25, 0.3) is 11.5 Å². The quantitative estimate of drug-likeness (QED) is 0.748. The van der Waals surface area contributed by atoms with E-state index < -0.39 is 0 Å². The lowest BCUT2D eigenvalue weighted by molar-refractivity contribution is 0.415. The molecule has 96 valence electrons. The van der Waals surface area contributed by atoms with Gasteiger partial charge in [0.25, 0.3) is 0 Å². The van der Waals surface area contributed by atoms with Crippen LogP contribution in [-0.4, -0.2) is 23.1 Å². The molecular formula is C13H16N2O2S. The van der Waals surface area contributed by atoms with Crippen LogP contribution >= 0.6 is 11.8 Å². The predicted molar refractivity (Wildman–Crippen MR) is 72.7 cm³/mol. The third-order valence-electron chi connectivity index (χ3n) is 2.38. The Morgan fingerprint density at radius 2 is 2.00 bits per heavy atom. The molecule has 0 radical (unpaired) electrons. The summed E-state index contributed by atoms with van der Waals surface area (Å²) in [6.45, 7) is 2.16. The summed E-state index contributed by atoms with van der Waals surface area (Å²) in [5.41, 5.74) is 0.912. The lowest BCUT2D eigenvalue weighted by Gasteiger charge is -1.99. The molecule has 2 rings (SSSR count). The maximum absolute atomic E-state index is 5.61. The molecular weight excluding hydrogens is 248 g/mol. The van der Waals surface area contributed by atoms with Crippen LogP contribution in [0.5, 0.6) is 5.75 Å². The summed E-state index contributed by atoms with van der Waals surface area (Å²) in [5, 5.41) is 8.09. The Morgan fingerprint density at radius 3 is 2.67 bits per heavy atom. The number of methoxy groups -OCH3 is 1. The van der Waals surface area contributed by atoms with Crippen LogP contribution in [-0.2, 0) is 5.75 Å². The Balaban J connectivity index is 2.04. The SMILES string of the molecule is CCCSCc1nnc(-c2ccc(OC)cc2)o1. The minimum Gasteiger partial charge on any atom is -0.497 e. The molecule has 0 aliphatic carbocycles. The number of aromatic nitrogens is 2. The van der Waals surface area contributed by atoms with Crippen molar-refractivity contribution in [3.8, 4) is 17.2 Å². The van der Waals surface area contributed by atoms with Crippen molar-refractivity contribution in [3.05, 3.63) is 30.2 Å². The Bertz CT molecular complexity index is 482. The number of hydrogen-bond acceptors (Lipinski definition) is 5. The second-order valence-corrected chi connectivity index (χ2v) is 4.89. The van der Waals surface area contributed by atoms with Gasteiger partial charge in [-0.15, -0.1) is 10.2 Å². The van der Waals surface area contributed by atoms with Crippen molar-refractivity contribution in [2.24, 2.45) is 0 Å². The molecule has 0 fully saturated rings. The predicted octanol–water partition coefficient (Wildman–Crippen LogP) is 3.39. The van der Waals surface area contributed by atoms with Gasteiger partial charge in [-0.25, -0.2) is 0 Å². The monoisotopic (exact) mass is 264 g/mol. The van der Waals surface area contributed by atoms with Crippen LogP contribution in [0.3, 0.4) is 0 Å². The van der Waals surface area contributed by atoms with E-state index in [0.29, 0.717) is 11.8 Å². The van der Waals surface area contributed by atoms with Crippen molar-refractivity contribution in [2.45, 2.75) is 19.1 Å². The van der Waals surface area contributed by atoms with Gasteiger partial charge in [-0.2, -0.15) is 11.8 Å². The number of hydrogen-bond donors (Lipinski definition) is 0. The molecule has 0 saturated heterocycles. The van der Waals surface area contributed by atoms with E-state index in [-0.39, 0.29) is 0 Å². The van der Waals surface area contributed by atoms with Crippen LogP contribution in [0, 0.1) is 0 Å². The average Bonchev–Trinajstić information content (AvgIpc) is 2.88. The van der Waals surface area contributed by atoms with Crippen molar-refractivity contribution in [3.63, 3.8) is 0 Å². The Hall–Kier alpha value is -1.49. The second-order valence-electron chi connectivity index (χ2n) is 3.78. The summed E-state index contributed by atoms with van der Waals surface area (Å²) in [6.07, 6.45) is 1.16. The Kier molecular flexibility index (Phi) is 4.64. The molecule has 1 heterocycles. The number of ether oxygens (including phenoxy) is 1. The molecule has 18 heavy (non-hydrogen) atoms. The molecule has 2 aromatic rings. The Labute approximate surface area is 111 Å². The van der Waals surface area contributed by atoms with Gasteiger partial charge in [0.05, 0.1) is 12.9 Å². The highest BCUT2D eigenvalue weighted by Crippen LogP contribution is 2.22. The highest BCUT2D eigenvalue weighted by Gasteiger charge is 2.08. The molecule has 1 aromatic carbocycles. The van der Waals surface area contributed by atoms with Gasteiger partial charge in [0.1, 0.15) is 5.75 Å². The highest BCUT2D eigenvalue weighted by atomic mass is 32.2. The van der Waals surface area contributed by atoms with Crippen LogP contribution < -0.4 is 4.74 Å². The molecule has 0 atom stereocenters. The molecule has 1 aromatic heterocycles. The molecule has 4 nitrogen and oxygen atoms in total. The fourth-order valence-corrected chi connectivity index (χ4v) is 2.19. The Morgan fingerprint density at radius 1 is 1.22 bits per heavy atom. The van der Waals surface area contributed by atoms with Gasteiger partial charge in [-0.1, -0.05) is 6.92 Å². The molecule has 0 aliphatic heterocycles. The third-order valence-corrected chi connectivity index (χ3v) is 3.53. The van der Waals surface area contributed by atoms with Gasteiger partial charge in [-0.3, -0.25) is 0 Å². The molecule has 0 spiro atoms. The van der Waals surface area contributed by atoms with E-state index in [1.54, 1.807) is 18.9 Å². The van der Waals surface area contributed by atoms with E-state index in [0.717, 1.165) is 29.2 Å². The van der Waals surface area contributed by atoms with Crippen molar-refractivity contribution in [1.29, 1.82) is 0 Å². The number of rotatable bonds is 6. The third kappa shape index (κ3) is 3.26. The smallest absolute Gasteiger partial charge is 0.247 e. The average molecular weight is 264 g/mol. The molecule has 0 amide bonds. The van der Waals surface area contributed by atoms with Gasteiger partial charge in [-0.05, 0) is 36.4 Å². The summed E-state index contributed by atoms with van der Waals surface area (Å²) in [6, 6.07) is 7.58. The summed E-state index contributed by atoms with van der Waals surface area (Å²) in [7, 11) is 1.64. The van der Waals surface area contributed by atoms with Crippen molar-refractivity contribution >= 4 is 11.8 Å². The summed E-state index contributed by atoms with van der Waals surface area (Å²) < 4.78 is 10.7. The lowest BCUT2D eigenvalue weighted by atomic mass is 10.2. The standard InChI is InChI=1S/C13H16N2O2S/c1-3-8-18-9-12-14-15-13(17-12)10-4-6-11(16-2)7-5-10/h4-7H,3,8-9H2,1-2H3. The zero-order chi connectivity index (χ0) is 12.8. The minimum absolute atomic E-state index is 0.560. The van der Waals surface area contributed by atoms with E-state index in [9.17, 15) is 0 Å². The van der Waals surface area contributed by atoms with E-state index >= 15 is 0 Å². The maximum Gasteiger partial charge on any atom is 0.247 e. The molecule has 0 saturated carbocycles. The van der Waals surface area contributed by atoms with Gasteiger partial charge >= 0.3 is 0 Å². The normalized spacial score (nSPS) is 10.6. The molecule has 0 unspecified atom stereocenters. The fraction of sp³-hybridized carbons (Fsp3) is 0.385. The first-order valence-electron chi connectivity index (χ1n) is 5.88. The number of thioether (sulfide) groups is 1. The summed E-state index contributed by atoms with van der Waals surface area (Å²) in [4.78, 5) is 0.